The van der Waals surface area contributed by atoms with Gasteiger partial charge < -0.3 is 9.84 Å². The van der Waals surface area contributed by atoms with E-state index < -0.39 is 78.0 Å². The first-order chi connectivity index (χ1) is 35.6. The molecule has 0 bridgehead atoms. The lowest BCUT2D eigenvalue weighted by atomic mass is 10.1. The first kappa shape index (κ1) is 55.8. The van der Waals surface area contributed by atoms with E-state index in [2.05, 4.69) is 51.1 Å². The van der Waals surface area contributed by atoms with Crippen LogP contribution < -0.4 is 4.74 Å². The lowest BCUT2D eigenvalue weighted by molar-refractivity contribution is 0.317. The summed E-state index contributed by atoms with van der Waals surface area (Å²) in [5.41, 5.74) is 4.67. The maximum Gasteiger partial charge on any atom is 0.296 e. The van der Waals surface area contributed by atoms with E-state index >= 15 is 0 Å². The number of fused-ring (bicyclic) bond motifs is 1. The third-order valence-electron chi connectivity index (χ3n) is 11.0. The average Bonchev–Trinajstić information content (AvgIpc) is 3.34. The minimum Gasteiger partial charge on any atom is -0.505 e. The van der Waals surface area contributed by atoms with Crippen molar-refractivity contribution in [2.75, 3.05) is 12.4 Å². The van der Waals surface area contributed by atoms with Gasteiger partial charge in [-0.05, 0) is 159 Å². The van der Waals surface area contributed by atoms with Crippen molar-refractivity contribution in [2.45, 2.75) is 55.7 Å². The van der Waals surface area contributed by atoms with Crippen molar-refractivity contribution in [3.63, 3.8) is 0 Å². The molecule has 7 aromatic carbocycles. The van der Waals surface area contributed by atoms with Crippen molar-refractivity contribution in [1.29, 1.82) is 0 Å². The summed E-state index contributed by atoms with van der Waals surface area (Å²) in [6, 6.07) is 26.5. The highest BCUT2D eigenvalue weighted by atomic mass is 32.2. The van der Waals surface area contributed by atoms with E-state index in [0.717, 1.165) is 18.2 Å². The Balaban J connectivity index is 1.12. The molecule has 0 unspecified atom stereocenters. The SMILES string of the molecule is Cc1cc(N=Nc2cc(C)c(N=Nc3ccc(S(=O)(=O)O)cc3S(=O)(=O)O)cc2OCCCS(=O)(=O)O)c(C)cc1N=Nc1cc(C)c(/N=N/c2c(S(=O)(=O)O)cc3cc(N=Nc4ccccc4)ccc3c2O)cc1C. The van der Waals surface area contributed by atoms with E-state index in [0.29, 0.717) is 68.0 Å². The summed E-state index contributed by atoms with van der Waals surface area (Å²) < 4.78 is 140. The smallest absolute Gasteiger partial charge is 0.296 e. The Labute approximate surface area is 435 Å². The summed E-state index contributed by atoms with van der Waals surface area (Å²) in [7, 11) is -19.1. The zero-order valence-corrected chi connectivity index (χ0v) is 43.8. The minimum atomic E-state index is -5.06. The number of benzene rings is 7. The Bertz CT molecular complexity index is 4080. The molecule has 0 saturated heterocycles. The van der Waals surface area contributed by atoms with E-state index in [1.807, 2.05) is 6.07 Å². The third-order valence-corrected chi connectivity index (χ3v) is 14.4. The molecule has 76 heavy (non-hydrogen) atoms. The van der Waals surface area contributed by atoms with E-state index in [-0.39, 0.29) is 40.9 Å². The lowest BCUT2D eigenvalue weighted by Crippen LogP contribution is -2.08. The molecule has 24 nitrogen and oxygen atoms in total. The van der Waals surface area contributed by atoms with Gasteiger partial charge in [-0.25, -0.2) is 0 Å². The van der Waals surface area contributed by atoms with Gasteiger partial charge in [0.25, 0.3) is 40.5 Å². The Kier molecular flexibility index (Phi) is 16.5. The summed E-state index contributed by atoms with van der Waals surface area (Å²) in [6.07, 6.45) is -0.133. The Morgan fingerprint density at radius 3 is 1.42 bits per heavy atom. The van der Waals surface area contributed by atoms with Crippen molar-refractivity contribution in [3.8, 4) is 11.5 Å². The zero-order valence-electron chi connectivity index (χ0n) is 40.5. The van der Waals surface area contributed by atoms with E-state index in [1.54, 1.807) is 89.2 Å². The fourth-order valence-corrected chi connectivity index (χ4v) is 9.44. The summed E-state index contributed by atoms with van der Waals surface area (Å²) in [5.74, 6) is -1.14. The summed E-state index contributed by atoms with van der Waals surface area (Å²) >= 11 is 0. The molecule has 0 fully saturated rings. The third kappa shape index (κ3) is 14.0. The molecule has 0 heterocycles. The highest BCUT2D eigenvalue weighted by Crippen LogP contribution is 2.44. The van der Waals surface area contributed by atoms with Crippen molar-refractivity contribution in [1.82, 2.24) is 0 Å². The maximum atomic E-state index is 12.6. The molecule has 0 radical (unpaired) electrons. The molecule has 0 aliphatic rings. The van der Waals surface area contributed by atoms with Gasteiger partial charge in [0.2, 0.25) is 0 Å². The Morgan fingerprint density at radius 1 is 0.434 bits per heavy atom. The van der Waals surface area contributed by atoms with Gasteiger partial charge in [-0.3, -0.25) is 18.2 Å². The van der Waals surface area contributed by atoms with Crippen LogP contribution in [0.5, 0.6) is 11.5 Å². The topological polar surface area (TPSA) is 371 Å². The molecule has 0 aliphatic carbocycles. The van der Waals surface area contributed by atoms with Gasteiger partial charge in [-0.1, -0.05) is 18.2 Å². The molecular formula is C48H44N10O14S4. The number of aryl methyl sites for hydroxylation is 5. The summed E-state index contributed by atoms with van der Waals surface area (Å²) in [4.78, 5) is -2.46. The van der Waals surface area contributed by atoms with Crippen molar-refractivity contribution >= 4 is 108 Å². The van der Waals surface area contributed by atoms with Crippen LogP contribution in [-0.4, -0.2) is 69.3 Å². The minimum absolute atomic E-state index is 0.0148. The van der Waals surface area contributed by atoms with Crippen LogP contribution in [0.4, 0.5) is 56.9 Å². The average molecular weight is 1110 g/mol. The molecule has 7 rings (SSSR count). The number of hydrogen-bond acceptors (Lipinski definition) is 20. The van der Waals surface area contributed by atoms with Crippen LogP contribution in [0.15, 0.2) is 175 Å². The molecule has 0 aromatic heterocycles. The van der Waals surface area contributed by atoms with Crippen LogP contribution in [0, 0.1) is 34.6 Å². The van der Waals surface area contributed by atoms with Gasteiger partial charge in [0.1, 0.15) is 32.6 Å². The second-order valence-corrected chi connectivity index (χ2v) is 22.6. The molecule has 0 spiro atoms. The largest absolute Gasteiger partial charge is 0.505 e. The maximum absolute atomic E-state index is 12.6. The van der Waals surface area contributed by atoms with Crippen LogP contribution in [0.25, 0.3) is 10.8 Å². The van der Waals surface area contributed by atoms with Gasteiger partial charge >= 0.3 is 0 Å². The predicted octanol–water partition coefficient (Wildman–Crippen LogP) is 13.6. The number of rotatable bonds is 18. The van der Waals surface area contributed by atoms with Crippen LogP contribution >= 0.6 is 0 Å². The fraction of sp³-hybridized carbons (Fsp3) is 0.167. The van der Waals surface area contributed by atoms with Gasteiger partial charge in [-0.2, -0.15) is 69.5 Å². The number of azo groups is 5. The fourth-order valence-electron chi connectivity index (χ4n) is 7.07. The predicted molar refractivity (Wildman–Crippen MR) is 278 cm³/mol. The first-order valence-corrected chi connectivity index (χ1v) is 28.0. The number of hydrogen-bond donors (Lipinski definition) is 5. The van der Waals surface area contributed by atoms with Crippen molar-refractivity contribution in [2.24, 2.45) is 51.1 Å². The van der Waals surface area contributed by atoms with Gasteiger partial charge in [-0.15, -0.1) is 15.3 Å². The Morgan fingerprint density at radius 2 is 0.908 bits per heavy atom. The van der Waals surface area contributed by atoms with E-state index in [4.69, 9.17) is 4.74 Å². The number of phenolic OH excluding ortho intramolecular Hbond substituents is 1. The molecule has 0 atom stereocenters. The van der Waals surface area contributed by atoms with Gasteiger partial charge in [0.05, 0.1) is 57.1 Å². The van der Waals surface area contributed by atoms with E-state index in [9.17, 15) is 57.0 Å². The highest BCUT2D eigenvalue weighted by molar-refractivity contribution is 7.87. The van der Waals surface area contributed by atoms with Crippen LogP contribution in [0.2, 0.25) is 0 Å². The number of aromatic hydroxyl groups is 1. The molecule has 0 saturated carbocycles. The van der Waals surface area contributed by atoms with Gasteiger partial charge in [0.15, 0.2) is 5.75 Å². The molecule has 394 valence electrons. The van der Waals surface area contributed by atoms with Crippen molar-refractivity contribution in [3.05, 3.63) is 137 Å². The van der Waals surface area contributed by atoms with E-state index in [1.165, 1.54) is 24.3 Å². The monoisotopic (exact) mass is 1110 g/mol. The van der Waals surface area contributed by atoms with Crippen LogP contribution in [0.3, 0.4) is 0 Å². The van der Waals surface area contributed by atoms with Crippen LogP contribution in [0.1, 0.15) is 34.2 Å². The molecule has 0 aliphatic heterocycles. The first-order valence-electron chi connectivity index (χ1n) is 22.1. The van der Waals surface area contributed by atoms with Crippen molar-refractivity contribution < 1.29 is 61.7 Å². The normalized spacial score (nSPS) is 12.9. The highest BCUT2D eigenvalue weighted by Gasteiger charge is 2.24. The second kappa shape index (κ2) is 22.5. The molecule has 0 amide bonds. The number of phenols is 1. The number of ether oxygens (including phenoxy) is 1. The quantitative estimate of drug-likeness (QED) is 0.0303. The second-order valence-electron chi connectivity index (χ2n) is 16.8. The number of nitrogens with zero attached hydrogens (tertiary/aromatic N) is 10. The molecular weight excluding hydrogens is 1070 g/mol. The Hall–Kier alpha value is -7.96. The van der Waals surface area contributed by atoms with Gasteiger partial charge in [0, 0.05) is 11.5 Å². The standard InChI is InChI=1S/C48H44N10O14S4/c1-27-19-40(54-57-43-22-31(5)42(26-44(43)72-16-9-17-73(60,61)62)55-51-37-15-13-35(74(63,64)65)25-45(37)75(66,67)68)28(2)18-38(27)52-53-39-20-30(4)41(21-29(39)3)56-58-47-46(76(69,70)71)24-32-23-34(12-14-36(32)48(47)59)50-49-33-10-7-6-8-11-33/h6-8,10-15,18-26,59H,9,16-17H2,1-5H3,(H,60,61,62)(H,63,64,65)(H,66,67,68)(H,69,70,71)/b50-49?,53-52?,55-51?,57-54?,58-56+. The molecule has 5 N–H and O–H groups in total. The lowest BCUT2D eigenvalue weighted by Gasteiger charge is -2.11. The summed E-state index contributed by atoms with van der Waals surface area (Å²) in [6.45, 7) is 8.35. The molecule has 28 heteroatoms. The molecule has 7 aromatic rings. The summed E-state index contributed by atoms with van der Waals surface area (Å²) in [5, 5.41) is 54.1. The zero-order chi connectivity index (χ0) is 55.3. The van der Waals surface area contributed by atoms with Crippen LogP contribution in [-0.2, 0) is 40.5 Å².